The van der Waals surface area contributed by atoms with Crippen molar-refractivity contribution in [3.8, 4) is 0 Å². The summed E-state index contributed by atoms with van der Waals surface area (Å²) in [6.45, 7) is 5.75. The molecule has 9 heavy (non-hydrogen) atoms. The molecule has 0 unspecified atom stereocenters. The van der Waals surface area contributed by atoms with E-state index in [1.54, 1.807) is 0 Å². The number of halogens is 2. The molecule has 0 N–H and O–H groups in total. The number of allylic oxidation sites excluding steroid dienone is 2. The van der Waals surface area contributed by atoms with Crippen molar-refractivity contribution in [2.45, 2.75) is 19.8 Å². The van der Waals surface area contributed by atoms with Crippen molar-refractivity contribution in [2.75, 3.05) is 0 Å². The van der Waals surface area contributed by atoms with E-state index in [-0.39, 0.29) is 0 Å². The molecule has 0 aromatic carbocycles. The van der Waals surface area contributed by atoms with Crippen molar-refractivity contribution in [3.63, 3.8) is 0 Å². The van der Waals surface area contributed by atoms with E-state index in [4.69, 9.17) is 18.1 Å². The van der Waals surface area contributed by atoms with Crippen LogP contribution in [0.15, 0.2) is 12.2 Å². The molecule has 0 heterocycles. The first kappa shape index (κ1) is 12.7. The van der Waals surface area contributed by atoms with Crippen LogP contribution in [-0.4, -0.2) is 18.2 Å². The van der Waals surface area contributed by atoms with Gasteiger partial charge in [0, 0.05) is 0 Å². The molecule has 0 atom stereocenters. The van der Waals surface area contributed by atoms with E-state index in [0.29, 0.717) is 0 Å². The molecule has 0 aliphatic carbocycles. The number of hydrogen-bond donors (Lipinski definition) is 0. The molecule has 0 fully saturated rings. The summed E-state index contributed by atoms with van der Waals surface area (Å²) in [6.07, 6.45) is 6.25. The lowest BCUT2D eigenvalue weighted by atomic mass is 10.4. The molecule has 1 radical (unpaired) electrons. The van der Waals surface area contributed by atoms with Crippen LogP contribution in [0, 0.1) is 6.92 Å². The summed E-state index contributed by atoms with van der Waals surface area (Å²) in [5.74, 6) is 0. The summed E-state index contributed by atoms with van der Waals surface area (Å²) in [5, 5.41) is 0. The molecule has 51 valence electrons. The molecular weight excluding hydrogens is 167 g/mol. The summed E-state index contributed by atoms with van der Waals surface area (Å²) in [6, 6.07) is 0. The van der Waals surface area contributed by atoms with Crippen molar-refractivity contribution in [1.29, 1.82) is 0 Å². The molecule has 0 saturated carbocycles. The van der Waals surface area contributed by atoms with Crippen molar-refractivity contribution in [1.82, 2.24) is 0 Å². The van der Waals surface area contributed by atoms with Crippen molar-refractivity contribution >= 4 is 36.3 Å². The van der Waals surface area contributed by atoms with E-state index >= 15 is 0 Å². The molecule has 3 heteroatoms. The minimum absolute atomic E-state index is 0.639. The van der Waals surface area contributed by atoms with Gasteiger partial charge in [-0.15, -0.1) is 0 Å². The highest BCUT2D eigenvalue weighted by Gasteiger charge is 1.64. The smallest absolute Gasteiger partial charge is 0.309 e. The monoisotopic (exact) mass is 177 g/mol. The topological polar surface area (TPSA) is 0 Å². The van der Waals surface area contributed by atoms with Gasteiger partial charge in [-0.2, -0.15) is 0 Å². The van der Waals surface area contributed by atoms with Crippen molar-refractivity contribution in [3.05, 3.63) is 19.1 Å². The fourth-order valence-corrected chi connectivity index (χ4v) is 0.285. The predicted molar refractivity (Wildman–Crippen MR) is 46.9 cm³/mol. The Balaban J connectivity index is 0. The van der Waals surface area contributed by atoms with Crippen LogP contribution in [-0.2, 0) is 0 Å². The summed E-state index contributed by atoms with van der Waals surface area (Å²) in [4.78, 5) is 0. The lowest BCUT2D eigenvalue weighted by molar-refractivity contribution is 1.20. The molecule has 0 spiro atoms. The maximum atomic E-state index is 4.90. The zero-order valence-corrected chi connectivity index (χ0v) is 8.67. The van der Waals surface area contributed by atoms with Gasteiger partial charge in [-0.05, 0) is 19.8 Å². The number of rotatable bonds is 2. The first-order chi connectivity index (χ1) is 4.33. The average molecular weight is 178 g/mol. The zero-order chi connectivity index (χ0) is 7.54. The van der Waals surface area contributed by atoms with Gasteiger partial charge in [0.05, 0.1) is 0 Å². The molecule has 0 aromatic heterocycles. The van der Waals surface area contributed by atoms with Crippen LogP contribution in [0.4, 0.5) is 0 Å². The molecule has 0 saturated heterocycles. The van der Waals surface area contributed by atoms with Crippen LogP contribution in [0.2, 0.25) is 0 Å². The lowest BCUT2D eigenvalue weighted by Crippen LogP contribution is -1.51. The predicted octanol–water partition coefficient (Wildman–Crippen LogP) is 3.17. The molecule has 0 bridgehead atoms. The third-order valence-corrected chi connectivity index (χ3v) is 0.569. The van der Waals surface area contributed by atoms with E-state index in [2.05, 4.69) is 26.0 Å². The van der Waals surface area contributed by atoms with Gasteiger partial charge in [0.15, 0.2) is 0 Å². The van der Waals surface area contributed by atoms with Crippen LogP contribution < -0.4 is 0 Å². The Morgan fingerprint density at radius 3 is 2.00 bits per heavy atom. The Bertz CT molecular complexity index is 49.0. The average Bonchev–Trinajstić information content (AvgIpc) is 1.86. The second kappa shape index (κ2) is 16.0. The minimum Gasteiger partial charge on any atom is -0.309 e. The van der Waals surface area contributed by atoms with Gasteiger partial charge in [0.1, 0.15) is 0 Å². The van der Waals surface area contributed by atoms with Gasteiger partial charge in [-0.25, -0.2) is 0 Å². The Morgan fingerprint density at radius 1 is 1.44 bits per heavy atom. The Kier molecular flexibility index (Phi) is 22.7. The molecule has 0 nitrogen and oxygen atoms in total. The zero-order valence-electron chi connectivity index (χ0n) is 5.74. The van der Waals surface area contributed by atoms with Crippen LogP contribution in [0.3, 0.4) is 0 Å². The first-order valence-corrected chi connectivity index (χ1v) is 7.17. The summed E-state index contributed by atoms with van der Waals surface area (Å²) in [7, 11) is 9.81. The molecule has 0 aliphatic rings. The summed E-state index contributed by atoms with van der Waals surface area (Å²) in [5.41, 5.74) is 0. The van der Waals surface area contributed by atoms with Gasteiger partial charge in [0.2, 0.25) is 0 Å². The number of hydrogen-bond acceptors (Lipinski definition) is 0. The second-order valence-electron chi connectivity index (χ2n) is 1.27. The van der Waals surface area contributed by atoms with E-state index in [1.807, 2.05) is 0 Å². The third-order valence-electron chi connectivity index (χ3n) is 0.569. The van der Waals surface area contributed by atoms with Crippen LogP contribution in [0.1, 0.15) is 19.8 Å². The maximum Gasteiger partial charge on any atom is 0.618 e. The highest BCUT2D eigenvalue weighted by atomic mass is 35.6. The van der Waals surface area contributed by atoms with Crippen LogP contribution in [0.5, 0.6) is 0 Å². The minimum atomic E-state index is -0.639. The van der Waals surface area contributed by atoms with Crippen molar-refractivity contribution in [2.24, 2.45) is 0 Å². The fraction of sp³-hybridized carbons (Fsp3) is 0.500. The molecule has 0 amide bonds. The fourth-order valence-electron chi connectivity index (χ4n) is 0.285. The normalized spacial score (nSPS) is 8.00. The van der Waals surface area contributed by atoms with E-state index in [1.165, 1.54) is 0 Å². The van der Waals surface area contributed by atoms with Gasteiger partial charge in [-0.1, -0.05) is 19.1 Å². The summed E-state index contributed by atoms with van der Waals surface area (Å²) >= 11 is -0.639. The highest BCUT2D eigenvalue weighted by molar-refractivity contribution is 7.22. The van der Waals surface area contributed by atoms with Crippen LogP contribution in [0.25, 0.3) is 0 Å². The SMILES string of the molecule is [CH2]CC=CCC.[Cl][Mg][Cl]. The lowest BCUT2D eigenvalue weighted by Gasteiger charge is -1.72. The standard InChI is InChI=1S/C6H11.2ClH.Mg/c1-3-5-6-4-2;;;/h5-6H,1,3-4H2,2H3;2*1H;/q;;;+2/p-2. The molecule has 0 aliphatic heterocycles. The van der Waals surface area contributed by atoms with Gasteiger partial charge in [0.25, 0.3) is 0 Å². The summed E-state index contributed by atoms with van der Waals surface area (Å²) < 4.78 is 0. The third kappa shape index (κ3) is 27.3. The molecular formula is C6H11Cl2Mg. The Labute approximate surface area is 74.9 Å². The second-order valence-corrected chi connectivity index (χ2v) is 3.90. The quantitative estimate of drug-likeness (QED) is 0.450. The molecule has 0 rings (SSSR count). The Morgan fingerprint density at radius 2 is 1.89 bits per heavy atom. The molecule has 0 aromatic rings. The van der Waals surface area contributed by atoms with Gasteiger partial charge < -0.3 is 18.1 Å². The van der Waals surface area contributed by atoms with E-state index in [0.717, 1.165) is 12.8 Å². The largest absolute Gasteiger partial charge is 0.618 e. The highest BCUT2D eigenvalue weighted by Crippen LogP contribution is 1.80. The van der Waals surface area contributed by atoms with Gasteiger partial charge in [-0.3, -0.25) is 0 Å². The Hall–Kier alpha value is 1.09. The van der Waals surface area contributed by atoms with E-state index in [9.17, 15) is 0 Å². The van der Waals surface area contributed by atoms with E-state index < -0.39 is 18.2 Å². The van der Waals surface area contributed by atoms with Gasteiger partial charge >= 0.3 is 18.2 Å². The first-order valence-electron chi connectivity index (χ1n) is 2.89. The van der Waals surface area contributed by atoms with Crippen LogP contribution >= 0.6 is 18.1 Å². The maximum absolute atomic E-state index is 4.90. The van der Waals surface area contributed by atoms with Crippen molar-refractivity contribution < 1.29 is 0 Å².